The lowest BCUT2D eigenvalue weighted by molar-refractivity contribution is -0.107. The molecule has 0 rings (SSSR count). The highest BCUT2D eigenvalue weighted by Crippen LogP contribution is 2.09. The third-order valence-electron chi connectivity index (χ3n) is 1.41. The predicted octanol–water partition coefficient (Wildman–Crippen LogP) is -1.28. The molecule has 13 heavy (non-hydrogen) atoms. The Bertz CT molecular complexity index is 377. The molecule has 2 N–H and O–H groups in total. The monoisotopic (exact) mass is 232 g/mol. The summed E-state index contributed by atoms with van der Waals surface area (Å²) in [6.45, 7) is 0.794. The summed E-state index contributed by atoms with van der Waals surface area (Å²) in [7, 11) is -9.47. The molecule has 2 atom stereocenters. The van der Waals surface area contributed by atoms with E-state index in [0.29, 0.717) is 0 Å². The van der Waals surface area contributed by atoms with Gasteiger partial charge in [-0.2, -0.15) is 16.8 Å². The molecule has 0 aromatic heterocycles. The van der Waals surface area contributed by atoms with E-state index in [1.54, 1.807) is 0 Å². The Morgan fingerprint density at radius 1 is 1.08 bits per heavy atom. The minimum atomic E-state index is -4.80. The lowest BCUT2D eigenvalue weighted by atomic mass is 10.3. The number of rotatable bonds is 4. The molecule has 0 aromatic carbocycles. The summed E-state index contributed by atoms with van der Waals surface area (Å²) in [4.78, 5) is 10.1. The first kappa shape index (κ1) is 12.5. The molecular formula is C4H8O7S2. The highest BCUT2D eigenvalue weighted by Gasteiger charge is 2.36. The Morgan fingerprint density at radius 2 is 1.46 bits per heavy atom. The number of carbonyl (C=O) groups is 1. The lowest BCUT2D eigenvalue weighted by Crippen LogP contribution is -2.38. The zero-order chi connectivity index (χ0) is 10.9. The molecule has 2 unspecified atom stereocenters. The van der Waals surface area contributed by atoms with Crippen LogP contribution in [0.4, 0.5) is 0 Å². The molecule has 0 radical (unpaired) electrons. The second-order valence-corrected chi connectivity index (χ2v) is 5.68. The number of carbonyl (C=O) groups excluding carboxylic acids is 1. The molecule has 0 aliphatic rings. The van der Waals surface area contributed by atoms with Crippen LogP contribution < -0.4 is 0 Å². The normalized spacial score (nSPS) is 17.8. The van der Waals surface area contributed by atoms with Crippen molar-refractivity contribution in [2.75, 3.05) is 0 Å². The molecule has 0 heterocycles. The molecule has 0 fully saturated rings. The fourth-order valence-electron chi connectivity index (χ4n) is 0.593. The molecule has 0 bridgehead atoms. The van der Waals surface area contributed by atoms with E-state index in [0.717, 1.165) is 6.92 Å². The van der Waals surface area contributed by atoms with E-state index in [1.807, 2.05) is 0 Å². The average Bonchev–Trinajstić information content (AvgIpc) is 1.83. The van der Waals surface area contributed by atoms with Crippen molar-refractivity contribution in [2.45, 2.75) is 17.4 Å². The lowest BCUT2D eigenvalue weighted by Gasteiger charge is -2.11. The van der Waals surface area contributed by atoms with Crippen molar-refractivity contribution in [1.82, 2.24) is 0 Å². The molecule has 0 aliphatic heterocycles. The van der Waals surface area contributed by atoms with E-state index >= 15 is 0 Å². The van der Waals surface area contributed by atoms with Gasteiger partial charge < -0.3 is 4.79 Å². The van der Waals surface area contributed by atoms with E-state index in [1.165, 1.54) is 0 Å². The first-order chi connectivity index (χ1) is 5.60. The summed E-state index contributed by atoms with van der Waals surface area (Å²) in [6, 6.07) is 0. The minimum Gasteiger partial charge on any atom is -0.302 e. The molecule has 9 heteroatoms. The Labute approximate surface area is 75.3 Å². The van der Waals surface area contributed by atoms with Gasteiger partial charge >= 0.3 is 0 Å². The van der Waals surface area contributed by atoms with E-state index in [4.69, 9.17) is 9.11 Å². The Kier molecular flexibility index (Phi) is 3.55. The van der Waals surface area contributed by atoms with Gasteiger partial charge in [0.2, 0.25) is 0 Å². The molecule has 0 aliphatic carbocycles. The van der Waals surface area contributed by atoms with Crippen molar-refractivity contribution in [1.29, 1.82) is 0 Å². The first-order valence-corrected chi connectivity index (χ1v) is 5.99. The van der Waals surface area contributed by atoms with Gasteiger partial charge in [0.05, 0.1) is 0 Å². The van der Waals surface area contributed by atoms with Gasteiger partial charge in [-0.05, 0) is 6.92 Å². The Balaban J connectivity index is 5.17. The second-order valence-electron chi connectivity index (χ2n) is 2.34. The van der Waals surface area contributed by atoms with Crippen LogP contribution in [0.1, 0.15) is 6.92 Å². The number of hydrogen-bond acceptors (Lipinski definition) is 5. The van der Waals surface area contributed by atoms with Gasteiger partial charge in [0.1, 0.15) is 11.5 Å². The van der Waals surface area contributed by atoms with Gasteiger partial charge in [0.25, 0.3) is 20.2 Å². The summed E-state index contributed by atoms with van der Waals surface area (Å²) in [5.74, 6) is 0. The topological polar surface area (TPSA) is 126 Å². The number of hydrogen-bond donors (Lipinski definition) is 2. The van der Waals surface area contributed by atoms with Crippen molar-refractivity contribution in [2.24, 2.45) is 0 Å². The molecule has 0 aromatic rings. The quantitative estimate of drug-likeness (QED) is 0.456. The maximum Gasteiger partial charge on any atom is 0.276 e. The fourth-order valence-corrected chi connectivity index (χ4v) is 2.46. The molecule has 0 saturated heterocycles. The zero-order valence-electron chi connectivity index (χ0n) is 6.48. The van der Waals surface area contributed by atoms with Gasteiger partial charge in [-0.1, -0.05) is 0 Å². The summed E-state index contributed by atoms with van der Waals surface area (Å²) in [6.07, 6.45) is -0.256. The van der Waals surface area contributed by atoms with Crippen LogP contribution in [0, 0.1) is 0 Å². The third kappa shape index (κ3) is 3.38. The molecular weight excluding hydrogens is 224 g/mol. The standard InChI is InChI=1S/C4H8O7S2/c1-3(12(6,7)8)4(2-5)13(9,10)11/h2-4H,1H3,(H,6,7,8)(H,9,10,11). The van der Waals surface area contributed by atoms with E-state index in [9.17, 15) is 21.6 Å². The molecule has 0 saturated carbocycles. The highest BCUT2D eigenvalue weighted by molar-refractivity contribution is 7.91. The maximum absolute atomic E-state index is 10.4. The molecule has 0 spiro atoms. The van der Waals surface area contributed by atoms with Crippen molar-refractivity contribution in [3.63, 3.8) is 0 Å². The van der Waals surface area contributed by atoms with Crippen LogP contribution in [0.3, 0.4) is 0 Å². The average molecular weight is 232 g/mol. The van der Waals surface area contributed by atoms with Gasteiger partial charge in [0, 0.05) is 0 Å². The fraction of sp³-hybridized carbons (Fsp3) is 0.750. The van der Waals surface area contributed by atoms with Crippen molar-refractivity contribution < 1.29 is 30.7 Å². The first-order valence-electron chi connectivity index (χ1n) is 2.98. The van der Waals surface area contributed by atoms with Crippen LogP contribution in [0.25, 0.3) is 0 Å². The van der Waals surface area contributed by atoms with E-state index in [-0.39, 0.29) is 6.29 Å². The molecule has 7 nitrogen and oxygen atoms in total. The van der Waals surface area contributed by atoms with Gasteiger partial charge in [-0.15, -0.1) is 0 Å². The Hall–Kier alpha value is -0.510. The van der Waals surface area contributed by atoms with Crippen molar-refractivity contribution in [3.8, 4) is 0 Å². The van der Waals surface area contributed by atoms with Crippen molar-refractivity contribution >= 4 is 26.5 Å². The smallest absolute Gasteiger partial charge is 0.276 e. The molecule has 0 amide bonds. The van der Waals surface area contributed by atoms with Gasteiger partial charge in [0.15, 0.2) is 5.25 Å². The van der Waals surface area contributed by atoms with Crippen LogP contribution in [0.5, 0.6) is 0 Å². The molecule has 78 valence electrons. The summed E-state index contributed by atoms with van der Waals surface area (Å²) >= 11 is 0. The van der Waals surface area contributed by atoms with Gasteiger partial charge in [-0.3, -0.25) is 9.11 Å². The Morgan fingerprint density at radius 3 is 1.54 bits per heavy atom. The van der Waals surface area contributed by atoms with Crippen LogP contribution in [0.15, 0.2) is 0 Å². The van der Waals surface area contributed by atoms with Crippen LogP contribution >= 0.6 is 0 Å². The van der Waals surface area contributed by atoms with Crippen LogP contribution in [-0.2, 0) is 25.0 Å². The third-order valence-corrected chi connectivity index (χ3v) is 4.02. The predicted molar refractivity (Wildman–Crippen MR) is 42.4 cm³/mol. The van der Waals surface area contributed by atoms with E-state index in [2.05, 4.69) is 0 Å². The van der Waals surface area contributed by atoms with Crippen molar-refractivity contribution in [3.05, 3.63) is 0 Å². The van der Waals surface area contributed by atoms with Crippen LogP contribution in [0.2, 0.25) is 0 Å². The largest absolute Gasteiger partial charge is 0.302 e. The SMILES string of the molecule is CC(C(C=O)S(=O)(=O)O)S(=O)(=O)O. The summed E-state index contributed by atoms with van der Waals surface area (Å²) in [5.41, 5.74) is 0. The maximum atomic E-state index is 10.4. The summed E-state index contributed by atoms with van der Waals surface area (Å²) in [5, 5.41) is -4.05. The number of aldehydes is 1. The van der Waals surface area contributed by atoms with Crippen LogP contribution in [-0.4, -0.2) is 42.7 Å². The zero-order valence-corrected chi connectivity index (χ0v) is 8.12. The second kappa shape index (κ2) is 3.70. The van der Waals surface area contributed by atoms with E-state index < -0.39 is 30.7 Å². The summed E-state index contributed by atoms with van der Waals surface area (Å²) < 4.78 is 58.4. The minimum absolute atomic E-state index is 0.256. The highest BCUT2D eigenvalue weighted by atomic mass is 32.2. The van der Waals surface area contributed by atoms with Gasteiger partial charge in [-0.25, -0.2) is 0 Å².